The number of nitrogens with two attached hydrogens (primary N) is 1. The molecule has 0 radical (unpaired) electrons. The number of fused-ring (bicyclic) bond motifs is 1. The summed E-state index contributed by atoms with van der Waals surface area (Å²) in [6.45, 7) is 4.26. The molecule has 2 heteroatoms. The van der Waals surface area contributed by atoms with Gasteiger partial charge in [0.25, 0.3) is 0 Å². The highest BCUT2D eigenvalue weighted by Gasteiger charge is 2.23. The summed E-state index contributed by atoms with van der Waals surface area (Å²) in [6.07, 6.45) is 1.11. The Labute approximate surface area is 121 Å². The van der Waals surface area contributed by atoms with Gasteiger partial charge in [-0.25, -0.2) is 0 Å². The molecule has 20 heavy (non-hydrogen) atoms. The molecule has 0 fully saturated rings. The van der Waals surface area contributed by atoms with Gasteiger partial charge >= 0.3 is 0 Å². The second-order valence-electron chi connectivity index (χ2n) is 5.88. The van der Waals surface area contributed by atoms with Gasteiger partial charge in [0, 0.05) is 24.7 Å². The van der Waals surface area contributed by atoms with Crippen molar-refractivity contribution >= 4 is 5.69 Å². The van der Waals surface area contributed by atoms with Crippen LogP contribution in [0.1, 0.15) is 28.2 Å². The molecule has 2 aromatic rings. The van der Waals surface area contributed by atoms with Crippen LogP contribution < -0.4 is 5.73 Å². The van der Waals surface area contributed by atoms with Crippen molar-refractivity contribution in [1.82, 2.24) is 4.90 Å². The summed E-state index contributed by atoms with van der Waals surface area (Å²) in [5.74, 6) is 0.418. The highest BCUT2D eigenvalue weighted by atomic mass is 15.1. The van der Waals surface area contributed by atoms with E-state index in [4.69, 9.17) is 5.73 Å². The second-order valence-corrected chi connectivity index (χ2v) is 5.88. The van der Waals surface area contributed by atoms with E-state index in [-0.39, 0.29) is 0 Å². The number of anilines is 1. The predicted octanol–water partition coefficient (Wildman–Crippen LogP) is 3.20. The van der Waals surface area contributed by atoms with Crippen LogP contribution in [0, 0.1) is 6.92 Å². The summed E-state index contributed by atoms with van der Waals surface area (Å²) in [4.78, 5) is 2.42. The monoisotopic (exact) mass is 266 g/mol. The van der Waals surface area contributed by atoms with Gasteiger partial charge < -0.3 is 10.6 Å². The summed E-state index contributed by atoms with van der Waals surface area (Å²) >= 11 is 0. The van der Waals surface area contributed by atoms with E-state index in [9.17, 15) is 0 Å². The first kappa shape index (κ1) is 13.2. The quantitative estimate of drug-likeness (QED) is 0.803. The fraction of sp³-hybridized carbons (Fsp3) is 0.333. The molecule has 0 saturated carbocycles. The number of rotatable bonds is 1. The Kier molecular flexibility index (Phi) is 3.49. The minimum absolute atomic E-state index is 0.418. The highest BCUT2D eigenvalue weighted by Crippen LogP contribution is 2.33. The number of hydrogen-bond donors (Lipinski definition) is 1. The van der Waals surface area contributed by atoms with E-state index in [1.165, 1.54) is 22.3 Å². The molecule has 0 aromatic heterocycles. The van der Waals surface area contributed by atoms with Crippen molar-refractivity contribution in [2.24, 2.45) is 0 Å². The van der Waals surface area contributed by atoms with Gasteiger partial charge in [0.15, 0.2) is 0 Å². The lowest BCUT2D eigenvalue weighted by Gasteiger charge is -2.22. The molecule has 1 heterocycles. The number of nitrogens with zero attached hydrogens (tertiary/aromatic N) is 1. The largest absolute Gasteiger partial charge is 0.399 e. The van der Waals surface area contributed by atoms with E-state index in [2.05, 4.69) is 61.3 Å². The normalized spacial score (nSPS) is 19.4. The maximum atomic E-state index is 6.16. The molecule has 0 unspecified atom stereocenters. The van der Waals surface area contributed by atoms with Gasteiger partial charge in [-0.05, 0) is 48.7 Å². The van der Waals surface area contributed by atoms with Crippen LogP contribution in [0.25, 0.3) is 0 Å². The molecule has 0 spiro atoms. The van der Waals surface area contributed by atoms with Gasteiger partial charge in [0.05, 0.1) is 0 Å². The van der Waals surface area contributed by atoms with Gasteiger partial charge in [0.2, 0.25) is 0 Å². The summed E-state index contributed by atoms with van der Waals surface area (Å²) < 4.78 is 0. The van der Waals surface area contributed by atoms with E-state index in [1.807, 2.05) is 0 Å². The molecule has 2 aromatic carbocycles. The van der Waals surface area contributed by atoms with Gasteiger partial charge in [-0.3, -0.25) is 0 Å². The van der Waals surface area contributed by atoms with Crippen LogP contribution in [0.4, 0.5) is 5.69 Å². The predicted molar refractivity (Wildman–Crippen MR) is 85.1 cm³/mol. The molecule has 104 valence electrons. The smallest absolute Gasteiger partial charge is 0.0346 e. The molecule has 1 aliphatic rings. The van der Waals surface area contributed by atoms with Crippen LogP contribution in [-0.4, -0.2) is 25.0 Å². The fourth-order valence-electron chi connectivity index (χ4n) is 3.13. The lowest BCUT2D eigenvalue weighted by molar-refractivity contribution is 0.338. The van der Waals surface area contributed by atoms with Crippen molar-refractivity contribution in [3.8, 4) is 0 Å². The average Bonchev–Trinajstić information content (AvgIpc) is 2.61. The zero-order valence-corrected chi connectivity index (χ0v) is 12.3. The third kappa shape index (κ3) is 2.44. The first-order valence-corrected chi connectivity index (χ1v) is 7.27. The Balaban J connectivity index is 2.12. The minimum atomic E-state index is 0.418. The zero-order chi connectivity index (χ0) is 14.1. The maximum absolute atomic E-state index is 6.16. The third-order valence-electron chi connectivity index (χ3n) is 4.36. The Morgan fingerprint density at radius 2 is 1.90 bits per heavy atom. The van der Waals surface area contributed by atoms with E-state index >= 15 is 0 Å². The van der Waals surface area contributed by atoms with Crippen LogP contribution in [0.5, 0.6) is 0 Å². The van der Waals surface area contributed by atoms with Gasteiger partial charge in [-0.15, -0.1) is 0 Å². The average molecular weight is 266 g/mol. The van der Waals surface area contributed by atoms with Crippen molar-refractivity contribution in [1.29, 1.82) is 0 Å². The second kappa shape index (κ2) is 5.29. The first-order chi connectivity index (χ1) is 9.65. The fourth-order valence-corrected chi connectivity index (χ4v) is 3.13. The van der Waals surface area contributed by atoms with Crippen molar-refractivity contribution in [3.63, 3.8) is 0 Å². The maximum Gasteiger partial charge on any atom is 0.0346 e. The highest BCUT2D eigenvalue weighted by molar-refractivity contribution is 5.54. The zero-order valence-electron chi connectivity index (χ0n) is 12.3. The summed E-state index contributed by atoms with van der Waals surface area (Å²) in [6, 6.07) is 15.2. The standard InChI is InChI=1S/C18H22N2/c1-13-10-15-8-9-20(2)12-17(16(15)11-18(13)19)14-6-4-3-5-7-14/h3-7,10-11,17H,8-9,12,19H2,1-2H3/t17-/m1/s1. The first-order valence-electron chi connectivity index (χ1n) is 7.27. The number of nitrogen functional groups attached to an aromatic ring is 1. The van der Waals surface area contributed by atoms with Crippen LogP contribution in [0.15, 0.2) is 42.5 Å². The molecule has 0 amide bonds. The Morgan fingerprint density at radius 1 is 1.15 bits per heavy atom. The molecule has 2 N–H and O–H groups in total. The van der Waals surface area contributed by atoms with Crippen molar-refractivity contribution < 1.29 is 0 Å². The molecular weight excluding hydrogens is 244 g/mol. The molecule has 0 bridgehead atoms. The molecule has 1 aliphatic heterocycles. The van der Waals surface area contributed by atoms with Crippen molar-refractivity contribution in [2.45, 2.75) is 19.3 Å². The topological polar surface area (TPSA) is 29.3 Å². The van der Waals surface area contributed by atoms with E-state index in [0.29, 0.717) is 5.92 Å². The van der Waals surface area contributed by atoms with Gasteiger partial charge in [0.1, 0.15) is 0 Å². The van der Waals surface area contributed by atoms with E-state index in [1.54, 1.807) is 0 Å². The molecular formula is C18H22N2. The summed E-state index contributed by atoms with van der Waals surface area (Å²) in [5.41, 5.74) is 12.5. The number of hydrogen-bond acceptors (Lipinski definition) is 2. The van der Waals surface area contributed by atoms with Crippen LogP contribution in [0.3, 0.4) is 0 Å². The SMILES string of the molecule is Cc1cc2c(cc1N)[C@@H](c1ccccc1)CN(C)CC2. The Morgan fingerprint density at radius 3 is 2.65 bits per heavy atom. The van der Waals surface area contributed by atoms with Crippen LogP contribution in [0.2, 0.25) is 0 Å². The van der Waals surface area contributed by atoms with Crippen LogP contribution >= 0.6 is 0 Å². The molecule has 0 saturated heterocycles. The minimum Gasteiger partial charge on any atom is -0.399 e. The Bertz CT molecular complexity index is 604. The molecule has 1 atom stereocenters. The lowest BCUT2D eigenvalue weighted by Crippen LogP contribution is -2.24. The van der Waals surface area contributed by atoms with E-state index < -0.39 is 0 Å². The third-order valence-corrected chi connectivity index (χ3v) is 4.36. The van der Waals surface area contributed by atoms with Crippen LogP contribution in [-0.2, 0) is 6.42 Å². The number of aryl methyl sites for hydroxylation is 1. The number of likely N-dealkylation sites (N-methyl/N-ethyl adjacent to an activating group) is 1. The van der Waals surface area contributed by atoms with Crippen molar-refractivity contribution in [2.75, 3.05) is 25.9 Å². The molecule has 3 rings (SSSR count). The molecule has 0 aliphatic carbocycles. The van der Waals surface area contributed by atoms with Gasteiger partial charge in [-0.2, -0.15) is 0 Å². The Hall–Kier alpha value is -1.80. The summed E-state index contributed by atoms with van der Waals surface area (Å²) in [7, 11) is 2.21. The van der Waals surface area contributed by atoms with Gasteiger partial charge in [-0.1, -0.05) is 36.4 Å². The van der Waals surface area contributed by atoms with E-state index in [0.717, 1.165) is 25.2 Å². The van der Waals surface area contributed by atoms with Crippen molar-refractivity contribution in [3.05, 3.63) is 64.7 Å². The summed E-state index contributed by atoms with van der Waals surface area (Å²) in [5, 5.41) is 0. The number of benzene rings is 2. The lowest BCUT2D eigenvalue weighted by atomic mass is 9.87. The molecule has 2 nitrogen and oxygen atoms in total.